The van der Waals surface area contributed by atoms with Crippen molar-refractivity contribution in [2.24, 2.45) is 0 Å². The largest absolute Gasteiger partial charge is 0.507 e. The van der Waals surface area contributed by atoms with Crippen molar-refractivity contribution in [3.8, 4) is 39.4 Å². The predicted octanol–water partition coefficient (Wildman–Crippen LogP) is 8.95. The summed E-state index contributed by atoms with van der Waals surface area (Å²) in [7, 11) is 0. The van der Waals surface area contributed by atoms with Gasteiger partial charge in [-0.1, -0.05) is 60.7 Å². The van der Waals surface area contributed by atoms with E-state index in [9.17, 15) is 5.11 Å². The normalized spacial score (nSPS) is 11.8. The van der Waals surface area contributed by atoms with Gasteiger partial charge in [0.1, 0.15) is 11.4 Å². The molecule has 8 rings (SSSR count). The standard InChI is InChI=1S/C36H25N3O/c1-21-8-5-9-22(2)34(21)24-18-30(38-31(19-24)29-10-3-4-14-33(29)40)23-15-16-25-26-11-6-12-27-28-13-7-17-37-36(28)39(35(26)27)32(25)20-23/h3-20,40H,1-2H3. The average molecular weight is 516 g/mol. The fraction of sp³-hybridized carbons (Fsp3) is 0.0556. The van der Waals surface area contributed by atoms with Crippen molar-refractivity contribution in [1.29, 1.82) is 0 Å². The maximum atomic E-state index is 10.7. The fourth-order valence-electron chi connectivity index (χ4n) is 6.37. The Labute approximate surface area is 231 Å². The molecular formula is C36H25N3O. The van der Waals surface area contributed by atoms with Crippen molar-refractivity contribution in [3.63, 3.8) is 0 Å². The van der Waals surface area contributed by atoms with Gasteiger partial charge in [0.25, 0.3) is 0 Å². The number of phenols is 1. The van der Waals surface area contributed by atoms with Gasteiger partial charge in [0.05, 0.1) is 22.4 Å². The highest BCUT2D eigenvalue weighted by molar-refractivity contribution is 6.22. The molecule has 0 amide bonds. The lowest BCUT2D eigenvalue weighted by atomic mass is 9.93. The third-order valence-corrected chi connectivity index (χ3v) is 8.15. The van der Waals surface area contributed by atoms with Gasteiger partial charge in [0.15, 0.2) is 0 Å². The van der Waals surface area contributed by atoms with Crippen molar-refractivity contribution in [2.75, 3.05) is 0 Å². The topological polar surface area (TPSA) is 50.4 Å². The lowest BCUT2D eigenvalue weighted by molar-refractivity contribution is 0.477. The molecule has 4 heteroatoms. The van der Waals surface area contributed by atoms with E-state index in [0.717, 1.165) is 39.1 Å². The van der Waals surface area contributed by atoms with Gasteiger partial charge >= 0.3 is 0 Å². The minimum Gasteiger partial charge on any atom is -0.507 e. The molecule has 0 fully saturated rings. The van der Waals surface area contributed by atoms with Gasteiger partial charge in [0, 0.05) is 38.9 Å². The van der Waals surface area contributed by atoms with E-state index in [-0.39, 0.29) is 5.75 Å². The molecule has 190 valence electrons. The highest BCUT2D eigenvalue weighted by atomic mass is 16.3. The van der Waals surface area contributed by atoms with Crippen molar-refractivity contribution >= 4 is 38.2 Å². The molecule has 4 aromatic heterocycles. The van der Waals surface area contributed by atoms with E-state index in [2.05, 4.69) is 91.0 Å². The highest BCUT2D eigenvalue weighted by Gasteiger charge is 2.19. The number of para-hydroxylation sites is 2. The second kappa shape index (κ2) is 8.39. The predicted molar refractivity (Wildman–Crippen MR) is 164 cm³/mol. The summed E-state index contributed by atoms with van der Waals surface area (Å²) < 4.78 is 2.29. The molecule has 0 spiro atoms. The molecule has 0 saturated heterocycles. The number of aromatic hydroxyl groups is 1. The monoisotopic (exact) mass is 515 g/mol. The van der Waals surface area contributed by atoms with Gasteiger partial charge in [-0.25, -0.2) is 9.97 Å². The Kier molecular flexibility index (Phi) is 4.77. The van der Waals surface area contributed by atoms with Crippen LogP contribution in [0.3, 0.4) is 0 Å². The van der Waals surface area contributed by atoms with Gasteiger partial charge in [-0.05, 0) is 78.6 Å². The van der Waals surface area contributed by atoms with E-state index < -0.39 is 0 Å². The summed E-state index contributed by atoms with van der Waals surface area (Å²) in [5, 5.41) is 15.5. The van der Waals surface area contributed by atoms with Crippen LogP contribution in [0, 0.1) is 13.8 Å². The number of phenolic OH excluding ortho intramolecular Hbond substituents is 1. The maximum Gasteiger partial charge on any atom is 0.145 e. The number of benzene rings is 4. The molecule has 0 unspecified atom stereocenters. The van der Waals surface area contributed by atoms with E-state index in [4.69, 9.17) is 9.97 Å². The van der Waals surface area contributed by atoms with Crippen LogP contribution in [0.4, 0.5) is 0 Å². The summed E-state index contributed by atoms with van der Waals surface area (Å²) in [4.78, 5) is 9.89. The van der Waals surface area contributed by atoms with Crippen LogP contribution in [0.5, 0.6) is 5.75 Å². The van der Waals surface area contributed by atoms with Gasteiger partial charge in [0.2, 0.25) is 0 Å². The molecule has 0 bridgehead atoms. The van der Waals surface area contributed by atoms with Crippen LogP contribution >= 0.6 is 0 Å². The van der Waals surface area contributed by atoms with Crippen molar-refractivity contribution < 1.29 is 5.11 Å². The minimum atomic E-state index is 0.219. The fourth-order valence-corrected chi connectivity index (χ4v) is 6.37. The van der Waals surface area contributed by atoms with Crippen LogP contribution in [0.25, 0.3) is 71.9 Å². The number of rotatable bonds is 3. The van der Waals surface area contributed by atoms with E-state index in [1.807, 2.05) is 30.5 Å². The Morgan fingerprint density at radius 3 is 2.17 bits per heavy atom. The Morgan fingerprint density at radius 1 is 0.625 bits per heavy atom. The Balaban J connectivity index is 1.43. The van der Waals surface area contributed by atoms with Gasteiger partial charge < -0.3 is 5.11 Å². The maximum absolute atomic E-state index is 10.7. The first kappa shape index (κ1) is 22.7. The van der Waals surface area contributed by atoms with Crippen LogP contribution in [0.2, 0.25) is 0 Å². The Hall–Kier alpha value is -5.22. The Morgan fingerprint density at radius 2 is 1.35 bits per heavy atom. The smallest absolute Gasteiger partial charge is 0.145 e. The molecule has 1 N–H and O–H groups in total. The number of hydrogen-bond donors (Lipinski definition) is 1. The van der Waals surface area contributed by atoms with Crippen LogP contribution in [0.1, 0.15) is 11.1 Å². The van der Waals surface area contributed by atoms with E-state index in [1.165, 1.54) is 38.4 Å². The van der Waals surface area contributed by atoms with Crippen LogP contribution in [0.15, 0.2) is 109 Å². The van der Waals surface area contributed by atoms with E-state index >= 15 is 0 Å². The zero-order valence-electron chi connectivity index (χ0n) is 22.2. The molecule has 4 nitrogen and oxygen atoms in total. The third-order valence-electron chi connectivity index (χ3n) is 8.15. The summed E-state index contributed by atoms with van der Waals surface area (Å²) in [6.45, 7) is 4.29. The molecule has 40 heavy (non-hydrogen) atoms. The second-order valence-corrected chi connectivity index (χ2v) is 10.6. The third kappa shape index (κ3) is 3.20. The van der Waals surface area contributed by atoms with Crippen molar-refractivity contribution in [1.82, 2.24) is 14.4 Å². The zero-order chi connectivity index (χ0) is 27.0. The quantitative estimate of drug-likeness (QED) is 0.255. The molecule has 8 aromatic rings. The summed E-state index contributed by atoms with van der Waals surface area (Å²) in [6, 6.07) is 35.3. The molecule has 0 aliphatic rings. The van der Waals surface area contributed by atoms with Gasteiger partial charge in [-0.2, -0.15) is 0 Å². The number of hydrogen-bond acceptors (Lipinski definition) is 3. The lowest BCUT2D eigenvalue weighted by Gasteiger charge is -2.14. The molecule has 0 aliphatic heterocycles. The number of pyridine rings is 2. The SMILES string of the molecule is Cc1cccc(C)c1-c1cc(-c2ccc3c4cccc5c6cccnc6n(c3c2)c45)nc(-c2ccccc2O)c1. The molecule has 0 aliphatic carbocycles. The summed E-state index contributed by atoms with van der Waals surface area (Å²) >= 11 is 0. The van der Waals surface area contributed by atoms with E-state index in [1.54, 1.807) is 6.07 Å². The zero-order valence-corrected chi connectivity index (χ0v) is 22.2. The van der Waals surface area contributed by atoms with E-state index in [0.29, 0.717) is 5.56 Å². The van der Waals surface area contributed by atoms with Crippen LogP contribution < -0.4 is 0 Å². The Bertz CT molecular complexity index is 2240. The van der Waals surface area contributed by atoms with Crippen LogP contribution in [-0.4, -0.2) is 19.5 Å². The minimum absolute atomic E-state index is 0.219. The second-order valence-electron chi connectivity index (χ2n) is 10.6. The highest BCUT2D eigenvalue weighted by Crippen LogP contribution is 2.41. The molecule has 0 radical (unpaired) electrons. The number of nitrogens with zero attached hydrogens (tertiary/aromatic N) is 3. The van der Waals surface area contributed by atoms with Gasteiger partial charge in [-0.3, -0.25) is 4.40 Å². The first-order valence-electron chi connectivity index (χ1n) is 13.5. The lowest BCUT2D eigenvalue weighted by Crippen LogP contribution is -1.94. The van der Waals surface area contributed by atoms with Gasteiger partial charge in [-0.15, -0.1) is 0 Å². The van der Waals surface area contributed by atoms with Crippen LogP contribution in [-0.2, 0) is 0 Å². The molecule has 0 saturated carbocycles. The average Bonchev–Trinajstić information content (AvgIpc) is 3.49. The number of fused-ring (bicyclic) bond motifs is 6. The molecular weight excluding hydrogens is 490 g/mol. The number of aryl methyl sites for hydroxylation is 2. The van der Waals surface area contributed by atoms with Crippen molar-refractivity contribution in [3.05, 3.63) is 120 Å². The first-order valence-corrected chi connectivity index (χ1v) is 13.5. The summed E-state index contributed by atoms with van der Waals surface area (Å²) in [5.41, 5.74) is 11.3. The summed E-state index contributed by atoms with van der Waals surface area (Å²) in [5.74, 6) is 0.219. The molecule has 0 atom stereocenters. The summed E-state index contributed by atoms with van der Waals surface area (Å²) in [6.07, 6.45) is 1.86. The molecule has 4 heterocycles. The molecule has 4 aromatic carbocycles. The first-order chi connectivity index (χ1) is 19.6. The van der Waals surface area contributed by atoms with Crippen molar-refractivity contribution in [2.45, 2.75) is 13.8 Å². The number of aromatic nitrogens is 3.